The van der Waals surface area contributed by atoms with Gasteiger partial charge in [0, 0.05) is 48.1 Å². The molecule has 0 fully saturated rings. The Balaban J connectivity index is 1.65. The van der Waals surface area contributed by atoms with Gasteiger partial charge in [0.2, 0.25) is 0 Å². The van der Waals surface area contributed by atoms with Crippen molar-refractivity contribution in [1.82, 2.24) is 19.9 Å². The smallest absolute Gasteiger partial charge is 0.137 e. The molecule has 4 aromatic heterocycles. The van der Waals surface area contributed by atoms with E-state index in [2.05, 4.69) is 37.4 Å². The molecular formula is C26H24N6O2. The molecule has 5 rings (SSSR count). The minimum atomic E-state index is 0.398. The maximum atomic E-state index is 5.95. The normalized spacial score (nSPS) is 13.2. The summed E-state index contributed by atoms with van der Waals surface area (Å²) in [6.07, 6.45) is 6.89. The SMILES string of the molecule is CNc1ncc2c3cc(ncc13)Nc1cccc(n1)CCCOCc1cc(OC)cnc1C#C2. The Labute approximate surface area is 197 Å². The summed E-state index contributed by atoms with van der Waals surface area (Å²) in [6, 6.07) is 9.84. The van der Waals surface area contributed by atoms with Crippen LogP contribution in [0, 0.1) is 11.8 Å². The lowest BCUT2D eigenvalue weighted by molar-refractivity contribution is 0.118. The van der Waals surface area contributed by atoms with E-state index in [0.29, 0.717) is 30.5 Å². The molecule has 0 unspecified atom stereocenters. The number of fused-ring (bicyclic) bond motifs is 4. The minimum Gasteiger partial charge on any atom is -0.495 e. The number of aryl methyl sites for hydroxylation is 1. The third-order valence-corrected chi connectivity index (χ3v) is 5.54. The number of hydrogen-bond acceptors (Lipinski definition) is 8. The Morgan fingerprint density at radius 3 is 2.85 bits per heavy atom. The summed E-state index contributed by atoms with van der Waals surface area (Å²) in [5.41, 5.74) is 3.30. The first kappa shape index (κ1) is 21.6. The van der Waals surface area contributed by atoms with Gasteiger partial charge in [-0.05, 0) is 43.0 Å². The number of pyridine rings is 4. The predicted octanol–water partition coefficient (Wildman–Crippen LogP) is 4.08. The van der Waals surface area contributed by atoms with Gasteiger partial charge in [-0.3, -0.25) is 0 Å². The van der Waals surface area contributed by atoms with Gasteiger partial charge in [0.25, 0.3) is 0 Å². The van der Waals surface area contributed by atoms with E-state index in [-0.39, 0.29) is 0 Å². The molecule has 2 N–H and O–H groups in total. The van der Waals surface area contributed by atoms with Crippen LogP contribution in [0.3, 0.4) is 0 Å². The number of rotatable bonds is 2. The number of aromatic nitrogens is 4. The molecule has 5 heterocycles. The molecule has 0 amide bonds. The zero-order valence-electron chi connectivity index (χ0n) is 19.1. The van der Waals surface area contributed by atoms with Crippen molar-refractivity contribution in [3.05, 3.63) is 71.4 Å². The molecule has 170 valence electrons. The Kier molecular flexibility index (Phi) is 6.19. The van der Waals surface area contributed by atoms with Gasteiger partial charge in [0.05, 0.1) is 25.5 Å². The third kappa shape index (κ3) is 4.60. The molecule has 8 heteroatoms. The highest BCUT2D eigenvalue weighted by Gasteiger charge is 2.10. The summed E-state index contributed by atoms with van der Waals surface area (Å²) in [6.45, 7) is 0.997. The molecule has 1 aliphatic heterocycles. The van der Waals surface area contributed by atoms with Crippen LogP contribution < -0.4 is 15.4 Å². The second-order valence-electron chi connectivity index (χ2n) is 7.81. The fourth-order valence-electron chi connectivity index (χ4n) is 3.81. The Morgan fingerprint density at radius 1 is 1.03 bits per heavy atom. The molecule has 0 saturated heterocycles. The highest BCUT2D eigenvalue weighted by atomic mass is 16.5. The summed E-state index contributed by atoms with van der Waals surface area (Å²) in [5, 5.41) is 8.25. The number of ether oxygens (including phenoxy) is 2. The van der Waals surface area contributed by atoms with E-state index < -0.39 is 0 Å². The molecule has 0 radical (unpaired) electrons. The molecule has 4 aromatic rings. The summed E-state index contributed by atoms with van der Waals surface area (Å²) >= 11 is 0. The van der Waals surface area contributed by atoms with Gasteiger partial charge in [0.15, 0.2) is 0 Å². The molecule has 8 nitrogen and oxygen atoms in total. The number of hydrogen-bond donors (Lipinski definition) is 2. The quantitative estimate of drug-likeness (QED) is 0.440. The van der Waals surface area contributed by atoms with E-state index in [0.717, 1.165) is 52.1 Å². The zero-order chi connectivity index (χ0) is 23.3. The summed E-state index contributed by atoms with van der Waals surface area (Å²) in [7, 11) is 3.46. The maximum Gasteiger partial charge on any atom is 0.137 e. The van der Waals surface area contributed by atoms with Crippen molar-refractivity contribution in [1.29, 1.82) is 0 Å². The fraction of sp³-hybridized carbons (Fsp3) is 0.231. The van der Waals surface area contributed by atoms with E-state index in [1.54, 1.807) is 25.7 Å². The van der Waals surface area contributed by atoms with Crippen molar-refractivity contribution >= 4 is 28.2 Å². The highest BCUT2D eigenvalue weighted by Crippen LogP contribution is 2.27. The van der Waals surface area contributed by atoms with Crippen LogP contribution >= 0.6 is 0 Å². The first-order chi connectivity index (χ1) is 16.7. The largest absolute Gasteiger partial charge is 0.495 e. The molecule has 0 spiro atoms. The van der Waals surface area contributed by atoms with Crippen LogP contribution in [-0.4, -0.2) is 40.7 Å². The Morgan fingerprint density at radius 2 is 1.97 bits per heavy atom. The number of nitrogens with zero attached hydrogens (tertiary/aromatic N) is 4. The van der Waals surface area contributed by atoms with Crippen molar-refractivity contribution in [2.24, 2.45) is 0 Å². The van der Waals surface area contributed by atoms with Crippen molar-refractivity contribution in [2.75, 3.05) is 31.4 Å². The predicted molar refractivity (Wildman–Crippen MR) is 131 cm³/mol. The number of nitrogens with one attached hydrogen (secondary N) is 2. The van der Waals surface area contributed by atoms with E-state index in [9.17, 15) is 0 Å². The van der Waals surface area contributed by atoms with Gasteiger partial charge in [-0.2, -0.15) is 0 Å². The third-order valence-electron chi connectivity index (χ3n) is 5.54. The van der Waals surface area contributed by atoms with Crippen LogP contribution in [0.4, 0.5) is 17.5 Å². The van der Waals surface area contributed by atoms with Crippen molar-refractivity contribution < 1.29 is 9.47 Å². The monoisotopic (exact) mass is 452 g/mol. The van der Waals surface area contributed by atoms with Crippen LogP contribution in [0.15, 0.2) is 48.9 Å². The summed E-state index contributed by atoms with van der Waals surface area (Å²) in [4.78, 5) is 18.3. The average Bonchev–Trinajstić information content (AvgIpc) is 2.87. The Hall–Kier alpha value is -4.22. The molecule has 34 heavy (non-hydrogen) atoms. The molecule has 1 aliphatic rings. The number of anilines is 3. The van der Waals surface area contributed by atoms with Crippen LogP contribution in [0.25, 0.3) is 10.8 Å². The van der Waals surface area contributed by atoms with Crippen LogP contribution in [0.2, 0.25) is 0 Å². The first-order valence-corrected chi connectivity index (χ1v) is 11.1. The standard InChI is InChI=1S/C26H24N6O2/c1-27-26-22-15-29-25-12-21(22)17(13-30-26)8-9-23-18(11-20(33-2)14-28-23)16-34-10-4-6-19-5-3-7-24(31-19)32-25/h3,5,7,11-15H,4,6,10,16H2,1-2H3,(H,27,30)(H,29,31,32). The van der Waals surface area contributed by atoms with Gasteiger partial charge < -0.3 is 20.1 Å². The molecule has 0 aliphatic carbocycles. The topological polar surface area (TPSA) is 94.1 Å². The second kappa shape index (κ2) is 9.73. The molecule has 0 aromatic carbocycles. The van der Waals surface area contributed by atoms with E-state index in [1.807, 2.05) is 37.4 Å². The highest BCUT2D eigenvalue weighted by molar-refractivity contribution is 5.96. The molecule has 0 saturated carbocycles. The van der Waals surface area contributed by atoms with Crippen LogP contribution in [0.1, 0.15) is 28.9 Å². The molecule has 4 bridgehead atoms. The van der Waals surface area contributed by atoms with Gasteiger partial charge in [-0.25, -0.2) is 19.9 Å². The fourth-order valence-corrected chi connectivity index (χ4v) is 3.81. The minimum absolute atomic E-state index is 0.398. The lowest BCUT2D eigenvalue weighted by Gasteiger charge is -2.10. The van der Waals surface area contributed by atoms with Gasteiger partial charge in [0.1, 0.15) is 28.9 Å². The average molecular weight is 453 g/mol. The lowest BCUT2D eigenvalue weighted by atomic mass is 10.1. The lowest BCUT2D eigenvalue weighted by Crippen LogP contribution is -2.03. The zero-order valence-corrected chi connectivity index (χ0v) is 19.1. The first-order valence-electron chi connectivity index (χ1n) is 11.1. The number of methoxy groups -OCH3 is 1. The summed E-state index contributed by atoms with van der Waals surface area (Å²) < 4.78 is 11.3. The molecule has 0 atom stereocenters. The second-order valence-corrected chi connectivity index (χ2v) is 7.81. The van der Waals surface area contributed by atoms with Crippen LogP contribution in [-0.2, 0) is 17.8 Å². The van der Waals surface area contributed by atoms with E-state index >= 15 is 0 Å². The maximum absolute atomic E-state index is 5.95. The molecular weight excluding hydrogens is 428 g/mol. The Bertz CT molecular complexity index is 1410. The van der Waals surface area contributed by atoms with Gasteiger partial charge >= 0.3 is 0 Å². The van der Waals surface area contributed by atoms with Crippen molar-refractivity contribution in [2.45, 2.75) is 19.4 Å². The van der Waals surface area contributed by atoms with Crippen LogP contribution in [0.5, 0.6) is 5.75 Å². The van der Waals surface area contributed by atoms with Crippen molar-refractivity contribution in [3.8, 4) is 17.6 Å². The van der Waals surface area contributed by atoms with Gasteiger partial charge in [-0.1, -0.05) is 12.0 Å². The van der Waals surface area contributed by atoms with Crippen molar-refractivity contribution in [3.63, 3.8) is 0 Å². The summed E-state index contributed by atoms with van der Waals surface area (Å²) in [5.74, 6) is 9.30. The van der Waals surface area contributed by atoms with E-state index in [1.165, 1.54) is 0 Å². The van der Waals surface area contributed by atoms with Gasteiger partial charge in [-0.15, -0.1) is 0 Å². The van der Waals surface area contributed by atoms with E-state index in [4.69, 9.17) is 14.5 Å².